The van der Waals surface area contributed by atoms with Crippen molar-refractivity contribution in [2.75, 3.05) is 16.8 Å². The molecule has 8 rings (SSSR count). The normalized spacial score (nSPS) is 11.2. The summed E-state index contributed by atoms with van der Waals surface area (Å²) in [5.74, 6) is -1.01. The van der Waals surface area contributed by atoms with Crippen LogP contribution < -0.4 is 22.5 Å². The minimum Gasteiger partial charge on any atom is -0.481 e. The molecule has 0 radical (unpaired) electrons. The molecule has 16 nitrogen and oxygen atoms in total. The lowest BCUT2D eigenvalue weighted by Gasteiger charge is -2.19. The second kappa shape index (κ2) is 21.3. The maximum absolute atomic E-state index is 14.6. The van der Waals surface area contributed by atoms with E-state index in [1.807, 2.05) is 50.2 Å². The third-order valence-electron chi connectivity index (χ3n) is 8.73. The number of pyridine rings is 4. The number of nitrogens with one attached hydrogen (secondary N) is 1. The number of hydrogen-bond donors (Lipinski definition) is 5. The Bertz CT molecular complexity index is 2970. The predicted molar refractivity (Wildman–Crippen MR) is 235 cm³/mol. The standard InChI is InChI=1S/C21H16FN7.C16H14FN3.C5H3ClN4.C2H4O2/c1-12(28-21-15(10-23)20(24)26-11-27-21)14-9-18-17(7-4-8-25-18)29-19(14)13-5-2-3-6-16(13)22;1-10(18)12-9-15-14(7-4-8-19-15)20-16(12)11-5-2-3-6-13(11)17;6-4-3(1-7)5(8)10-2-9-4;1-2(3)4/h2-9,11-12H,1H3,(H3,24,26,27,28);2-10H,18H2,1H3;2H,(H2,8,9,10);1H3,(H,3,4). The van der Waals surface area contributed by atoms with Crippen molar-refractivity contribution in [1.29, 1.82) is 10.5 Å². The SMILES string of the molecule is CC(=O)O.CC(N)c1cc2ncccc2nc1-c1ccccc1F.CC(Nc1ncnc(N)c1C#N)c1cc2ncccc2nc1-c1ccccc1F.N#Cc1c(N)ncnc1Cl. The van der Waals surface area contributed by atoms with Crippen molar-refractivity contribution in [1.82, 2.24) is 39.9 Å². The fraction of sp³-hybridized carbons (Fsp3) is 0.114. The average molecular weight is 867 g/mol. The summed E-state index contributed by atoms with van der Waals surface area (Å²) in [6.07, 6.45) is 5.87. The summed E-state index contributed by atoms with van der Waals surface area (Å²) >= 11 is 5.48. The van der Waals surface area contributed by atoms with Crippen LogP contribution in [0.5, 0.6) is 0 Å². The molecule has 6 heterocycles. The van der Waals surface area contributed by atoms with Gasteiger partial charge in [0.1, 0.15) is 65.0 Å². The highest BCUT2D eigenvalue weighted by Crippen LogP contribution is 2.33. The Hall–Kier alpha value is -8.32. The van der Waals surface area contributed by atoms with Gasteiger partial charge in [-0.3, -0.25) is 14.8 Å². The molecular formula is C44H37ClF2N14O2. The zero-order valence-corrected chi connectivity index (χ0v) is 34.5. The molecule has 8 aromatic rings. The number of nitrogen functional groups attached to an aromatic ring is 2. The molecule has 316 valence electrons. The number of carboxylic acids is 1. The van der Waals surface area contributed by atoms with Crippen LogP contribution in [0.2, 0.25) is 5.15 Å². The first-order valence-electron chi connectivity index (χ1n) is 18.6. The third kappa shape index (κ3) is 11.5. The van der Waals surface area contributed by atoms with E-state index in [9.17, 15) is 14.0 Å². The molecule has 2 aromatic carbocycles. The highest BCUT2D eigenvalue weighted by atomic mass is 35.5. The lowest BCUT2D eigenvalue weighted by Crippen LogP contribution is -2.13. The first-order valence-corrected chi connectivity index (χ1v) is 19.0. The van der Waals surface area contributed by atoms with E-state index in [0.717, 1.165) is 23.5 Å². The molecule has 0 saturated carbocycles. The summed E-state index contributed by atoms with van der Waals surface area (Å²) in [6.45, 7) is 4.81. The number of rotatable bonds is 6. The lowest BCUT2D eigenvalue weighted by molar-refractivity contribution is -0.134. The van der Waals surface area contributed by atoms with Crippen molar-refractivity contribution in [3.63, 3.8) is 0 Å². The number of carboxylic acid groups (broad SMARTS) is 1. The van der Waals surface area contributed by atoms with Gasteiger partial charge in [-0.15, -0.1) is 0 Å². The molecule has 0 amide bonds. The van der Waals surface area contributed by atoms with Crippen LogP contribution in [0.1, 0.15) is 55.1 Å². The number of benzene rings is 2. The molecular weight excluding hydrogens is 830 g/mol. The molecule has 0 aliphatic carbocycles. The summed E-state index contributed by atoms with van der Waals surface area (Å²) in [7, 11) is 0. The number of hydrogen-bond acceptors (Lipinski definition) is 15. The number of carbonyl (C=O) groups is 1. The molecule has 0 bridgehead atoms. The Labute approximate surface area is 364 Å². The zero-order chi connectivity index (χ0) is 45.6. The first-order chi connectivity index (χ1) is 30.2. The number of aromatic nitrogens is 8. The van der Waals surface area contributed by atoms with Gasteiger partial charge in [0, 0.05) is 42.0 Å². The molecule has 2 atom stereocenters. The van der Waals surface area contributed by atoms with Crippen LogP contribution in [-0.4, -0.2) is 50.9 Å². The molecule has 0 aliphatic heterocycles. The van der Waals surface area contributed by atoms with Crippen LogP contribution in [0.25, 0.3) is 44.6 Å². The van der Waals surface area contributed by atoms with Gasteiger partial charge in [0.25, 0.3) is 5.97 Å². The van der Waals surface area contributed by atoms with Crippen LogP contribution >= 0.6 is 11.6 Å². The van der Waals surface area contributed by atoms with Crippen molar-refractivity contribution < 1.29 is 18.7 Å². The Morgan fingerprint density at radius 3 is 1.62 bits per heavy atom. The van der Waals surface area contributed by atoms with Gasteiger partial charge in [0.05, 0.1) is 39.5 Å². The van der Waals surface area contributed by atoms with E-state index in [1.54, 1.807) is 60.9 Å². The van der Waals surface area contributed by atoms with Crippen LogP contribution in [0.3, 0.4) is 0 Å². The van der Waals surface area contributed by atoms with Gasteiger partial charge < -0.3 is 27.6 Å². The summed E-state index contributed by atoms with van der Waals surface area (Å²) in [5, 5.41) is 28.5. The topological polar surface area (TPSA) is 278 Å². The van der Waals surface area contributed by atoms with E-state index < -0.39 is 5.97 Å². The predicted octanol–water partition coefficient (Wildman–Crippen LogP) is 7.98. The first kappa shape index (κ1) is 45.8. The van der Waals surface area contributed by atoms with E-state index in [2.05, 4.69) is 45.2 Å². The van der Waals surface area contributed by atoms with Crippen molar-refractivity contribution in [3.05, 3.63) is 149 Å². The number of nitriles is 2. The highest BCUT2D eigenvalue weighted by Gasteiger charge is 2.20. The minimum atomic E-state index is -0.833. The van der Waals surface area contributed by atoms with Crippen LogP contribution in [0.15, 0.2) is 110 Å². The number of nitrogens with zero attached hydrogens (tertiary/aromatic N) is 10. The molecule has 63 heavy (non-hydrogen) atoms. The molecule has 19 heteroatoms. The second-order valence-electron chi connectivity index (χ2n) is 13.2. The van der Waals surface area contributed by atoms with E-state index in [4.69, 9.17) is 44.0 Å². The minimum absolute atomic E-state index is 0.0878. The highest BCUT2D eigenvalue weighted by molar-refractivity contribution is 6.30. The van der Waals surface area contributed by atoms with E-state index in [-0.39, 0.29) is 51.6 Å². The fourth-order valence-corrected chi connectivity index (χ4v) is 6.01. The Morgan fingerprint density at radius 2 is 1.16 bits per heavy atom. The zero-order valence-electron chi connectivity index (χ0n) is 33.7. The van der Waals surface area contributed by atoms with Crippen LogP contribution in [0.4, 0.5) is 26.2 Å². The Morgan fingerprint density at radius 1 is 0.698 bits per heavy atom. The van der Waals surface area contributed by atoms with Gasteiger partial charge in [0.2, 0.25) is 0 Å². The van der Waals surface area contributed by atoms with Gasteiger partial charge >= 0.3 is 0 Å². The number of aliphatic carboxylic acids is 1. The second-order valence-corrected chi connectivity index (χ2v) is 13.6. The van der Waals surface area contributed by atoms with Crippen molar-refractivity contribution >= 4 is 57.1 Å². The molecule has 0 aliphatic rings. The fourth-order valence-electron chi connectivity index (χ4n) is 5.83. The van der Waals surface area contributed by atoms with Gasteiger partial charge in [-0.05, 0) is 80.1 Å². The van der Waals surface area contributed by atoms with Gasteiger partial charge in [-0.25, -0.2) is 38.7 Å². The van der Waals surface area contributed by atoms with Gasteiger partial charge in [-0.1, -0.05) is 35.9 Å². The molecule has 2 unspecified atom stereocenters. The smallest absolute Gasteiger partial charge is 0.300 e. The maximum Gasteiger partial charge on any atom is 0.300 e. The Kier molecular flexibility index (Phi) is 15.5. The summed E-state index contributed by atoms with van der Waals surface area (Å²) in [4.78, 5) is 41.9. The number of fused-ring (bicyclic) bond motifs is 2. The summed E-state index contributed by atoms with van der Waals surface area (Å²) < 4.78 is 28.6. The van der Waals surface area contributed by atoms with Gasteiger partial charge in [0.15, 0.2) is 5.15 Å². The van der Waals surface area contributed by atoms with Crippen molar-refractivity contribution in [2.45, 2.75) is 32.9 Å². The number of anilines is 3. The third-order valence-corrected chi connectivity index (χ3v) is 9.01. The maximum atomic E-state index is 14.6. The van der Waals surface area contributed by atoms with Crippen molar-refractivity contribution in [3.8, 4) is 34.7 Å². The summed E-state index contributed by atoms with van der Waals surface area (Å²) in [5.41, 5.74) is 23.6. The van der Waals surface area contributed by atoms with Crippen LogP contribution in [0, 0.1) is 34.3 Å². The van der Waals surface area contributed by atoms with E-state index >= 15 is 0 Å². The van der Waals surface area contributed by atoms with E-state index in [1.165, 1.54) is 24.8 Å². The molecule has 0 saturated heterocycles. The average Bonchev–Trinajstić information content (AvgIpc) is 3.26. The molecule has 0 fully saturated rings. The monoisotopic (exact) mass is 866 g/mol. The molecule has 0 spiro atoms. The van der Waals surface area contributed by atoms with E-state index in [0.29, 0.717) is 44.9 Å². The lowest BCUT2D eigenvalue weighted by atomic mass is 9.99. The quantitative estimate of drug-likeness (QED) is 0.0990. The number of nitrogens with two attached hydrogens (primary N) is 3. The van der Waals surface area contributed by atoms with Crippen LogP contribution in [-0.2, 0) is 4.79 Å². The van der Waals surface area contributed by atoms with Gasteiger partial charge in [-0.2, -0.15) is 10.5 Å². The largest absolute Gasteiger partial charge is 0.481 e. The Balaban J connectivity index is 0.000000189. The van der Waals surface area contributed by atoms with Crippen molar-refractivity contribution in [2.24, 2.45) is 5.73 Å². The molecule has 6 aromatic heterocycles. The molecule has 8 N–H and O–H groups in total. The number of halogens is 3. The summed E-state index contributed by atoms with van der Waals surface area (Å²) in [6, 6.07) is 27.2.